The van der Waals surface area contributed by atoms with Crippen molar-refractivity contribution in [3.8, 4) is 0 Å². The second-order valence-electron chi connectivity index (χ2n) is 15.1. The lowest BCUT2D eigenvalue weighted by Gasteiger charge is -2.20. The van der Waals surface area contributed by atoms with E-state index < -0.39 is 51.8 Å². The van der Waals surface area contributed by atoms with Gasteiger partial charge in [-0.05, 0) is 51.4 Å². The van der Waals surface area contributed by atoms with Gasteiger partial charge in [0.05, 0.1) is 19.8 Å². The first kappa shape index (κ1) is 54.2. The van der Waals surface area contributed by atoms with Gasteiger partial charge in [-0.2, -0.15) is 0 Å². The Morgan fingerprint density at radius 2 is 0.929 bits per heavy atom. The van der Waals surface area contributed by atoms with Gasteiger partial charge in [-0.15, -0.1) is 0 Å². The first-order chi connectivity index (χ1) is 27.2. The van der Waals surface area contributed by atoms with Crippen molar-refractivity contribution < 1.29 is 47.8 Å². The highest BCUT2D eigenvalue weighted by Gasteiger charge is 2.27. The van der Waals surface area contributed by atoms with Crippen molar-refractivity contribution in [3.63, 3.8) is 0 Å². The van der Waals surface area contributed by atoms with Gasteiger partial charge < -0.3 is 24.6 Å². The Labute approximate surface area is 341 Å². The highest BCUT2D eigenvalue weighted by atomic mass is 31.2. The highest BCUT2D eigenvalue weighted by molar-refractivity contribution is 7.47. The first-order valence-electron chi connectivity index (χ1n) is 22.4. The van der Waals surface area contributed by atoms with Gasteiger partial charge in [0.1, 0.15) is 12.7 Å². The normalized spacial score (nSPS) is 14.2. The van der Waals surface area contributed by atoms with Crippen LogP contribution in [0.1, 0.15) is 200 Å². The van der Waals surface area contributed by atoms with E-state index in [9.17, 15) is 24.2 Å². The SMILES string of the molecule is CCCCC/C=C/C/C=C/C/C=C/CCCCCCC(=O)O[C@H](COC(=O)CCCCCCCCCCCCCCCCCC)COP(=O)(O)OC[C@@H](O)CO. The number of carbonyl (C=O) groups is 2. The lowest BCUT2D eigenvalue weighted by Crippen LogP contribution is -2.29. The second kappa shape index (κ2) is 41.4. The fourth-order valence-corrected chi connectivity index (χ4v) is 6.85. The summed E-state index contributed by atoms with van der Waals surface area (Å²) in [6.07, 6.45) is 42.5. The van der Waals surface area contributed by atoms with Gasteiger partial charge in [0.15, 0.2) is 6.10 Å². The van der Waals surface area contributed by atoms with Gasteiger partial charge in [-0.1, -0.05) is 172 Å². The standard InChI is InChI=1S/C45H83O10P/c1-3-5-7-9-11-13-15-17-19-21-23-25-27-29-31-33-35-37-45(49)55-43(41-54-56(50,51)53-39-42(47)38-46)40-52-44(48)36-34-32-30-28-26-24-22-20-18-16-14-12-10-8-6-4-2/h11,13,17,19,23,25,42-43,46-47H,3-10,12,14-16,18,20-22,24,26-41H2,1-2H3,(H,50,51)/b13-11+,19-17+,25-23+/t42-,43+/m0/s1. The van der Waals surface area contributed by atoms with Crippen LogP contribution in [0.4, 0.5) is 0 Å². The van der Waals surface area contributed by atoms with Crippen LogP contribution in [0.3, 0.4) is 0 Å². The van der Waals surface area contributed by atoms with Gasteiger partial charge in [-0.25, -0.2) is 4.57 Å². The highest BCUT2D eigenvalue weighted by Crippen LogP contribution is 2.43. The molecule has 0 aliphatic carbocycles. The van der Waals surface area contributed by atoms with E-state index in [4.69, 9.17) is 23.6 Å². The van der Waals surface area contributed by atoms with E-state index in [1.165, 1.54) is 103 Å². The number of esters is 2. The average molecular weight is 815 g/mol. The minimum Gasteiger partial charge on any atom is -0.462 e. The molecule has 0 aromatic carbocycles. The molecule has 328 valence electrons. The maximum Gasteiger partial charge on any atom is 0.472 e. The summed E-state index contributed by atoms with van der Waals surface area (Å²) >= 11 is 0. The van der Waals surface area contributed by atoms with Crippen molar-refractivity contribution >= 4 is 19.8 Å². The van der Waals surface area contributed by atoms with E-state index in [1.807, 2.05) is 0 Å². The zero-order valence-corrected chi connectivity index (χ0v) is 36.5. The fraction of sp³-hybridized carbons (Fsp3) is 0.822. The molecule has 0 aromatic rings. The van der Waals surface area contributed by atoms with Crippen LogP contribution < -0.4 is 0 Å². The Bertz CT molecular complexity index is 1030. The number of carbonyl (C=O) groups excluding carboxylic acids is 2. The third-order valence-electron chi connectivity index (χ3n) is 9.55. The van der Waals surface area contributed by atoms with Crippen molar-refractivity contribution in [1.29, 1.82) is 0 Å². The second-order valence-corrected chi connectivity index (χ2v) is 16.5. The minimum atomic E-state index is -4.62. The number of hydrogen-bond donors (Lipinski definition) is 3. The maximum atomic E-state index is 12.6. The van der Waals surface area contributed by atoms with Crippen LogP contribution in [0.25, 0.3) is 0 Å². The van der Waals surface area contributed by atoms with E-state index in [1.54, 1.807) is 0 Å². The van der Waals surface area contributed by atoms with Crippen LogP contribution >= 0.6 is 7.82 Å². The lowest BCUT2D eigenvalue weighted by molar-refractivity contribution is -0.161. The van der Waals surface area contributed by atoms with Crippen LogP contribution in [0, 0.1) is 0 Å². The Morgan fingerprint density at radius 3 is 1.43 bits per heavy atom. The molecular weight excluding hydrogens is 731 g/mol. The third-order valence-corrected chi connectivity index (χ3v) is 10.5. The van der Waals surface area contributed by atoms with E-state index in [-0.39, 0.29) is 19.4 Å². The predicted octanol–water partition coefficient (Wildman–Crippen LogP) is 11.9. The third kappa shape index (κ3) is 40.4. The summed E-state index contributed by atoms with van der Waals surface area (Å²) in [5, 5.41) is 18.3. The molecule has 1 unspecified atom stereocenters. The smallest absolute Gasteiger partial charge is 0.462 e. The molecule has 0 aliphatic heterocycles. The Morgan fingerprint density at radius 1 is 0.536 bits per heavy atom. The summed E-state index contributed by atoms with van der Waals surface area (Å²) in [5.41, 5.74) is 0. The number of phosphoric acid groups is 1. The van der Waals surface area contributed by atoms with Gasteiger partial charge in [0, 0.05) is 12.8 Å². The molecule has 0 bridgehead atoms. The van der Waals surface area contributed by atoms with Crippen molar-refractivity contribution in [2.24, 2.45) is 0 Å². The zero-order chi connectivity index (χ0) is 41.2. The molecule has 3 N–H and O–H groups in total. The molecule has 0 amide bonds. The number of aliphatic hydroxyl groups excluding tert-OH is 2. The molecule has 11 heteroatoms. The molecule has 0 rings (SSSR count). The number of unbranched alkanes of at least 4 members (excludes halogenated alkanes) is 22. The number of hydrogen-bond acceptors (Lipinski definition) is 9. The van der Waals surface area contributed by atoms with Crippen molar-refractivity contribution in [2.75, 3.05) is 26.4 Å². The number of allylic oxidation sites excluding steroid dienone is 6. The van der Waals surface area contributed by atoms with Crippen LogP contribution in [0.2, 0.25) is 0 Å². The van der Waals surface area contributed by atoms with Gasteiger partial charge in [-0.3, -0.25) is 18.6 Å². The summed E-state index contributed by atoms with van der Waals surface area (Å²) in [6.45, 7) is 2.34. The summed E-state index contributed by atoms with van der Waals surface area (Å²) in [7, 11) is -4.62. The lowest BCUT2D eigenvalue weighted by atomic mass is 10.0. The minimum absolute atomic E-state index is 0.160. The maximum absolute atomic E-state index is 12.6. The topological polar surface area (TPSA) is 149 Å². The van der Waals surface area contributed by atoms with Crippen LogP contribution in [0.15, 0.2) is 36.5 Å². The van der Waals surface area contributed by atoms with Gasteiger partial charge in [0.25, 0.3) is 0 Å². The number of ether oxygens (including phenoxy) is 2. The number of rotatable bonds is 42. The molecule has 0 aromatic heterocycles. The van der Waals surface area contributed by atoms with E-state index in [0.717, 1.165) is 57.8 Å². The zero-order valence-electron chi connectivity index (χ0n) is 35.6. The molecule has 0 fully saturated rings. The Hall–Kier alpha value is -1.81. The molecule has 56 heavy (non-hydrogen) atoms. The van der Waals surface area contributed by atoms with E-state index >= 15 is 0 Å². The quantitative estimate of drug-likeness (QED) is 0.0235. The monoisotopic (exact) mass is 815 g/mol. The van der Waals surface area contributed by atoms with E-state index in [2.05, 4.69) is 50.3 Å². The van der Waals surface area contributed by atoms with Crippen LogP contribution in [-0.4, -0.2) is 65.7 Å². The predicted molar refractivity (Wildman–Crippen MR) is 228 cm³/mol. The molecule has 0 aliphatic rings. The molecule has 0 radical (unpaired) electrons. The van der Waals surface area contributed by atoms with Crippen LogP contribution in [0.5, 0.6) is 0 Å². The Kier molecular flexibility index (Phi) is 40.0. The summed E-state index contributed by atoms with van der Waals surface area (Å²) in [5.74, 6) is -0.944. The summed E-state index contributed by atoms with van der Waals surface area (Å²) in [6, 6.07) is 0. The van der Waals surface area contributed by atoms with Crippen LogP contribution in [-0.2, 0) is 32.7 Å². The Balaban J connectivity index is 4.31. The van der Waals surface area contributed by atoms with Crippen molar-refractivity contribution in [1.82, 2.24) is 0 Å². The molecule has 10 nitrogen and oxygen atoms in total. The van der Waals surface area contributed by atoms with Gasteiger partial charge >= 0.3 is 19.8 Å². The molecule has 3 atom stereocenters. The molecular formula is C45H83O10P. The van der Waals surface area contributed by atoms with Crippen molar-refractivity contribution in [3.05, 3.63) is 36.5 Å². The summed E-state index contributed by atoms with van der Waals surface area (Å²) < 4.78 is 32.7. The number of phosphoric ester groups is 1. The fourth-order valence-electron chi connectivity index (χ4n) is 6.06. The average Bonchev–Trinajstić information content (AvgIpc) is 3.19. The number of aliphatic hydroxyl groups is 2. The molecule has 0 spiro atoms. The summed E-state index contributed by atoms with van der Waals surface area (Å²) in [4.78, 5) is 35.0. The van der Waals surface area contributed by atoms with Crippen molar-refractivity contribution in [2.45, 2.75) is 212 Å². The largest absolute Gasteiger partial charge is 0.472 e. The molecule has 0 saturated heterocycles. The van der Waals surface area contributed by atoms with E-state index in [0.29, 0.717) is 12.8 Å². The molecule has 0 heterocycles. The van der Waals surface area contributed by atoms with Gasteiger partial charge in [0.2, 0.25) is 0 Å². The molecule has 0 saturated carbocycles. The first-order valence-corrected chi connectivity index (χ1v) is 23.9.